The maximum Gasteiger partial charge on any atom is 0.182 e. The molecule has 5 nitrogen and oxygen atoms in total. The lowest BCUT2D eigenvalue weighted by molar-refractivity contribution is 0.0466. The molecule has 0 aliphatic rings. The quantitative estimate of drug-likeness (QED) is 0.633. The Morgan fingerprint density at radius 1 is 1.26 bits per heavy atom. The van der Waals surface area contributed by atoms with Gasteiger partial charge in [-0.15, -0.1) is 11.3 Å². The van der Waals surface area contributed by atoms with Gasteiger partial charge in [-0.25, -0.2) is 9.97 Å². The van der Waals surface area contributed by atoms with E-state index in [0.717, 1.165) is 28.4 Å². The van der Waals surface area contributed by atoms with Gasteiger partial charge in [0, 0.05) is 12.0 Å². The number of oxazole rings is 1. The first-order valence-electron chi connectivity index (χ1n) is 7.64. The van der Waals surface area contributed by atoms with E-state index in [-0.39, 0.29) is 6.10 Å². The van der Waals surface area contributed by atoms with Gasteiger partial charge in [-0.2, -0.15) is 0 Å². The monoisotopic (exact) mass is 332 g/mol. The van der Waals surface area contributed by atoms with Crippen molar-refractivity contribution in [2.75, 3.05) is 6.61 Å². The highest BCUT2D eigenvalue weighted by molar-refractivity contribution is 7.09. The molecule has 0 fully saturated rings. The third-order valence-corrected chi connectivity index (χ3v) is 4.35. The Bertz CT molecular complexity index is 766. The van der Waals surface area contributed by atoms with E-state index in [4.69, 9.17) is 13.9 Å². The molecule has 1 atom stereocenters. The molecule has 0 N–H and O–H groups in total. The van der Waals surface area contributed by atoms with Crippen molar-refractivity contribution in [2.24, 2.45) is 5.92 Å². The van der Waals surface area contributed by atoms with Crippen molar-refractivity contribution in [1.82, 2.24) is 9.97 Å². The zero-order valence-electron chi connectivity index (χ0n) is 13.5. The molecule has 0 aliphatic heterocycles. The predicted molar refractivity (Wildman–Crippen MR) is 89.7 cm³/mol. The molecule has 0 saturated heterocycles. The highest BCUT2D eigenvalue weighted by Crippen LogP contribution is 2.26. The van der Waals surface area contributed by atoms with Crippen molar-refractivity contribution in [3.63, 3.8) is 0 Å². The fraction of sp³-hybridized carbons (Fsp3) is 0.412. The van der Waals surface area contributed by atoms with Crippen molar-refractivity contribution in [1.29, 1.82) is 0 Å². The van der Waals surface area contributed by atoms with E-state index < -0.39 is 0 Å². The maximum absolute atomic E-state index is 5.84. The third-order valence-electron chi connectivity index (χ3n) is 3.30. The molecule has 1 unspecified atom stereocenters. The van der Waals surface area contributed by atoms with Crippen molar-refractivity contribution < 1.29 is 13.9 Å². The van der Waals surface area contributed by atoms with Gasteiger partial charge in [0.05, 0.1) is 5.69 Å². The predicted octanol–water partition coefficient (Wildman–Crippen LogP) is 4.60. The number of fused-ring (bicyclic) bond motifs is 1. The molecular formula is C17H20N2O3S. The van der Waals surface area contributed by atoms with Crippen LogP contribution in [0.15, 0.2) is 34.4 Å². The van der Waals surface area contributed by atoms with Gasteiger partial charge < -0.3 is 13.9 Å². The van der Waals surface area contributed by atoms with Gasteiger partial charge in [-0.1, -0.05) is 19.9 Å². The number of para-hydroxylation sites is 1. The molecule has 2 heterocycles. The van der Waals surface area contributed by atoms with Crippen LogP contribution in [0.3, 0.4) is 0 Å². The standard InChI is InChI=1S/C17H20N2O3S/c1-11(2)7-20-12(3)17-19-13(9-23-17)8-21-14-5-4-6-15-16(14)18-10-22-15/h4-6,9-12H,7-8H2,1-3H3. The molecule has 0 amide bonds. The van der Waals surface area contributed by atoms with Crippen LogP contribution in [0.5, 0.6) is 5.75 Å². The summed E-state index contributed by atoms with van der Waals surface area (Å²) >= 11 is 1.60. The van der Waals surface area contributed by atoms with Gasteiger partial charge in [-0.05, 0) is 25.0 Å². The van der Waals surface area contributed by atoms with Crippen LogP contribution < -0.4 is 4.74 Å². The number of thiazole rings is 1. The van der Waals surface area contributed by atoms with Gasteiger partial charge in [-0.3, -0.25) is 0 Å². The van der Waals surface area contributed by atoms with Crippen molar-refractivity contribution in [3.8, 4) is 5.75 Å². The number of hydrogen-bond acceptors (Lipinski definition) is 6. The number of aromatic nitrogens is 2. The summed E-state index contributed by atoms with van der Waals surface area (Å²) in [6.07, 6.45) is 1.43. The van der Waals surface area contributed by atoms with Gasteiger partial charge in [0.2, 0.25) is 0 Å². The Morgan fingerprint density at radius 3 is 2.96 bits per heavy atom. The fourth-order valence-corrected chi connectivity index (χ4v) is 2.92. The molecule has 0 bridgehead atoms. The second kappa shape index (κ2) is 7.10. The highest BCUT2D eigenvalue weighted by atomic mass is 32.1. The largest absolute Gasteiger partial charge is 0.485 e. The molecular weight excluding hydrogens is 312 g/mol. The van der Waals surface area contributed by atoms with Crippen LogP contribution >= 0.6 is 11.3 Å². The van der Waals surface area contributed by atoms with Crippen LogP contribution in [-0.2, 0) is 11.3 Å². The summed E-state index contributed by atoms with van der Waals surface area (Å²) in [5.74, 6) is 1.22. The van der Waals surface area contributed by atoms with E-state index in [1.54, 1.807) is 11.3 Å². The van der Waals surface area contributed by atoms with Crippen LogP contribution in [0.25, 0.3) is 11.1 Å². The molecule has 0 saturated carbocycles. The van der Waals surface area contributed by atoms with E-state index >= 15 is 0 Å². The molecule has 3 rings (SSSR count). The number of benzene rings is 1. The lowest BCUT2D eigenvalue weighted by atomic mass is 10.2. The average molecular weight is 332 g/mol. The Balaban J connectivity index is 1.62. The van der Waals surface area contributed by atoms with E-state index in [0.29, 0.717) is 18.3 Å². The number of nitrogens with zero attached hydrogens (tertiary/aromatic N) is 2. The molecule has 23 heavy (non-hydrogen) atoms. The average Bonchev–Trinajstić information content (AvgIpc) is 3.19. The number of ether oxygens (including phenoxy) is 2. The van der Waals surface area contributed by atoms with Crippen LogP contribution in [-0.4, -0.2) is 16.6 Å². The maximum atomic E-state index is 5.84. The van der Waals surface area contributed by atoms with Crippen LogP contribution in [0, 0.1) is 5.92 Å². The van der Waals surface area contributed by atoms with Gasteiger partial charge in [0.25, 0.3) is 0 Å². The molecule has 0 radical (unpaired) electrons. The van der Waals surface area contributed by atoms with E-state index in [2.05, 4.69) is 23.8 Å². The minimum atomic E-state index is 0.00937. The first-order chi connectivity index (χ1) is 11.1. The summed E-state index contributed by atoms with van der Waals surface area (Å²) in [5.41, 5.74) is 2.35. The summed E-state index contributed by atoms with van der Waals surface area (Å²) in [6.45, 7) is 7.44. The van der Waals surface area contributed by atoms with E-state index in [1.807, 2.05) is 30.5 Å². The van der Waals surface area contributed by atoms with Gasteiger partial charge in [0.1, 0.15) is 23.5 Å². The second-order valence-corrected chi connectivity index (χ2v) is 6.68. The molecule has 3 aromatic rings. The smallest absolute Gasteiger partial charge is 0.182 e. The van der Waals surface area contributed by atoms with Crippen LogP contribution in [0.2, 0.25) is 0 Å². The molecule has 122 valence electrons. The van der Waals surface area contributed by atoms with Crippen molar-refractivity contribution in [2.45, 2.75) is 33.5 Å². The summed E-state index contributed by atoms with van der Waals surface area (Å²) in [5, 5.41) is 2.98. The lowest BCUT2D eigenvalue weighted by Crippen LogP contribution is -2.06. The SMILES string of the molecule is CC(C)COC(C)c1nc(COc2cccc3ocnc23)cs1. The Morgan fingerprint density at radius 2 is 2.13 bits per heavy atom. The molecule has 6 heteroatoms. The lowest BCUT2D eigenvalue weighted by Gasteiger charge is -2.12. The van der Waals surface area contributed by atoms with Crippen molar-refractivity contribution in [3.05, 3.63) is 40.7 Å². The molecule has 1 aromatic carbocycles. The minimum absolute atomic E-state index is 0.00937. The van der Waals surface area contributed by atoms with Gasteiger partial charge >= 0.3 is 0 Å². The zero-order valence-corrected chi connectivity index (χ0v) is 14.3. The molecule has 0 aliphatic carbocycles. The van der Waals surface area contributed by atoms with Gasteiger partial charge in [0.15, 0.2) is 17.5 Å². The normalized spacial score (nSPS) is 12.9. The van der Waals surface area contributed by atoms with Crippen molar-refractivity contribution >= 4 is 22.4 Å². The highest BCUT2D eigenvalue weighted by Gasteiger charge is 2.13. The van der Waals surface area contributed by atoms with E-state index in [1.165, 1.54) is 6.39 Å². The van der Waals surface area contributed by atoms with Crippen LogP contribution in [0.1, 0.15) is 37.6 Å². The Kier molecular flexibility index (Phi) is 4.93. The topological polar surface area (TPSA) is 57.4 Å². The number of hydrogen-bond donors (Lipinski definition) is 0. The first-order valence-corrected chi connectivity index (χ1v) is 8.52. The Labute approximate surface area is 139 Å². The first kappa shape index (κ1) is 16.0. The number of rotatable bonds is 7. The summed E-state index contributed by atoms with van der Waals surface area (Å²) in [7, 11) is 0. The molecule has 0 spiro atoms. The van der Waals surface area contributed by atoms with E-state index in [9.17, 15) is 0 Å². The fourth-order valence-electron chi connectivity index (χ4n) is 2.11. The Hall–Kier alpha value is -1.92. The second-order valence-electron chi connectivity index (χ2n) is 5.79. The third kappa shape index (κ3) is 3.89. The zero-order chi connectivity index (χ0) is 16.2. The van der Waals surface area contributed by atoms with Crippen LogP contribution in [0.4, 0.5) is 0 Å². The summed E-state index contributed by atoms with van der Waals surface area (Å²) in [4.78, 5) is 8.77. The molecule has 2 aromatic heterocycles. The summed E-state index contributed by atoms with van der Waals surface area (Å²) < 4.78 is 16.9. The minimum Gasteiger partial charge on any atom is -0.485 e. The summed E-state index contributed by atoms with van der Waals surface area (Å²) in [6, 6.07) is 5.63.